The van der Waals surface area contributed by atoms with Gasteiger partial charge in [-0.1, -0.05) is 32.8 Å². The zero-order chi connectivity index (χ0) is 16.3. The van der Waals surface area contributed by atoms with Gasteiger partial charge in [-0.05, 0) is 25.0 Å². The number of rotatable bonds is 5. The number of hydrogen-bond acceptors (Lipinski definition) is 3. The summed E-state index contributed by atoms with van der Waals surface area (Å²) in [4.78, 5) is 24.9. The van der Waals surface area contributed by atoms with E-state index in [1.807, 2.05) is 13.8 Å². The Bertz CT molecular complexity index is 763. The molecule has 0 radical (unpaired) electrons. The fraction of sp³-hybridized carbons (Fsp3) is 0.412. The summed E-state index contributed by atoms with van der Waals surface area (Å²) >= 11 is 0. The molecule has 0 aliphatic carbocycles. The lowest BCUT2D eigenvalue weighted by atomic mass is 10.0. The number of pyridine rings is 1. The van der Waals surface area contributed by atoms with E-state index in [1.165, 1.54) is 11.7 Å². The minimum atomic E-state index is -0.588. The Morgan fingerprint density at radius 3 is 2.45 bits per heavy atom. The minimum absolute atomic E-state index is 0.0308. The van der Waals surface area contributed by atoms with Crippen LogP contribution in [0, 0.1) is 0 Å². The smallest absolute Gasteiger partial charge is 0.323 e. The number of aromatic nitrogens is 1. The van der Waals surface area contributed by atoms with E-state index >= 15 is 0 Å². The summed E-state index contributed by atoms with van der Waals surface area (Å²) < 4.78 is 6.79. The summed E-state index contributed by atoms with van der Waals surface area (Å²) in [6.07, 6.45) is 2.92. The Morgan fingerprint density at radius 1 is 1.23 bits per heavy atom. The van der Waals surface area contributed by atoms with E-state index < -0.39 is 6.03 Å². The number of hydrogen-bond donors (Lipinski definition) is 1. The molecule has 5 nitrogen and oxygen atoms in total. The number of amides is 1. The van der Waals surface area contributed by atoms with Gasteiger partial charge < -0.3 is 10.5 Å². The number of fused-ring (bicyclic) bond motifs is 1. The lowest BCUT2D eigenvalue weighted by Crippen LogP contribution is -2.29. The molecule has 2 rings (SSSR count). The van der Waals surface area contributed by atoms with Crippen molar-refractivity contribution in [3.8, 4) is 5.75 Å². The summed E-state index contributed by atoms with van der Waals surface area (Å²) in [5.74, 6) is 0.480. The summed E-state index contributed by atoms with van der Waals surface area (Å²) in [5.41, 5.74) is 7.44. The highest BCUT2D eigenvalue weighted by Crippen LogP contribution is 2.26. The van der Waals surface area contributed by atoms with Crippen molar-refractivity contribution in [2.45, 2.75) is 39.5 Å². The third kappa shape index (κ3) is 2.58. The Kier molecular flexibility index (Phi) is 4.85. The molecule has 5 heteroatoms. The van der Waals surface area contributed by atoms with Crippen molar-refractivity contribution in [3.63, 3.8) is 0 Å². The van der Waals surface area contributed by atoms with E-state index in [1.54, 1.807) is 18.2 Å². The fourth-order valence-corrected chi connectivity index (χ4v) is 2.91. The third-order valence-electron chi connectivity index (χ3n) is 3.79. The van der Waals surface area contributed by atoms with E-state index in [4.69, 9.17) is 10.5 Å². The standard InChI is InChI=1S/C17H22N2O3/c1-4-7-11-13(8-5-2)19(17(18)21)15-12(16(11)20)9-6-10-14(15)22-3/h6,9-10H,4-5,7-8H2,1-3H3,(H2,18,21). The average molecular weight is 302 g/mol. The number of nitrogens with zero attached hydrogens (tertiary/aromatic N) is 1. The molecule has 1 aromatic carbocycles. The summed E-state index contributed by atoms with van der Waals surface area (Å²) in [7, 11) is 1.52. The molecule has 118 valence electrons. The first-order valence-electron chi connectivity index (χ1n) is 7.60. The molecular formula is C17H22N2O3. The lowest BCUT2D eigenvalue weighted by molar-refractivity contribution is 0.250. The van der Waals surface area contributed by atoms with E-state index in [0.717, 1.165) is 12.8 Å². The molecule has 0 bridgehead atoms. The van der Waals surface area contributed by atoms with Gasteiger partial charge in [0.15, 0.2) is 5.43 Å². The molecule has 0 atom stereocenters. The number of ether oxygens (including phenoxy) is 1. The van der Waals surface area contributed by atoms with Crippen molar-refractivity contribution in [2.75, 3.05) is 7.11 Å². The molecule has 2 aromatic rings. The molecule has 1 aromatic heterocycles. The van der Waals surface area contributed by atoms with Gasteiger partial charge in [-0.15, -0.1) is 0 Å². The number of carbonyl (C=O) groups is 1. The van der Waals surface area contributed by atoms with Gasteiger partial charge in [-0.2, -0.15) is 0 Å². The van der Waals surface area contributed by atoms with Gasteiger partial charge in [-0.3, -0.25) is 9.36 Å². The minimum Gasteiger partial charge on any atom is -0.495 e. The van der Waals surface area contributed by atoms with E-state index in [2.05, 4.69) is 0 Å². The second-order valence-electron chi connectivity index (χ2n) is 5.28. The topological polar surface area (TPSA) is 74.3 Å². The second kappa shape index (κ2) is 6.64. The molecule has 1 heterocycles. The summed E-state index contributed by atoms with van der Waals surface area (Å²) in [5, 5.41) is 0.474. The third-order valence-corrected chi connectivity index (χ3v) is 3.79. The Labute approximate surface area is 129 Å². The van der Waals surface area contributed by atoms with Crippen LogP contribution in [0.2, 0.25) is 0 Å². The quantitative estimate of drug-likeness (QED) is 0.923. The summed E-state index contributed by atoms with van der Waals surface area (Å²) in [6, 6.07) is 4.61. The van der Waals surface area contributed by atoms with Crippen LogP contribution in [0.3, 0.4) is 0 Å². The molecule has 0 saturated carbocycles. The molecule has 0 unspecified atom stereocenters. The highest BCUT2D eigenvalue weighted by molar-refractivity contribution is 5.94. The van der Waals surface area contributed by atoms with Crippen molar-refractivity contribution in [2.24, 2.45) is 5.73 Å². The number of methoxy groups -OCH3 is 1. The SMILES string of the molecule is CCCc1c(CCC)n(C(N)=O)c2c(OC)cccc2c1=O. The van der Waals surface area contributed by atoms with Crippen LogP contribution in [0.25, 0.3) is 10.9 Å². The molecule has 0 spiro atoms. The first-order valence-corrected chi connectivity index (χ1v) is 7.60. The van der Waals surface area contributed by atoms with Crippen molar-refractivity contribution in [3.05, 3.63) is 39.7 Å². The molecule has 0 aliphatic heterocycles. The number of primary amides is 1. The maximum atomic E-state index is 12.8. The van der Waals surface area contributed by atoms with Crippen molar-refractivity contribution in [1.82, 2.24) is 4.57 Å². The van der Waals surface area contributed by atoms with Gasteiger partial charge in [0.25, 0.3) is 0 Å². The van der Waals surface area contributed by atoms with Crippen LogP contribution in [0.15, 0.2) is 23.0 Å². The monoisotopic (exact) mass is 302 g/mol. The number of benzene rings is 1. The molecule has 1 amide bonds. The van der Waals surface area contributed by atoms with Crippen LogP contribution < -0.4 is 15.9 Å². The van der Waals surface area contributed by atoms with Gasteiger partial charge in [0.05, 0.1) is 12.5 Å². The van der Waals surface area contributed by atoms with E-state index in [9.17, 15) is 9.59 Å². The normalized spacial score (nSPS) is 10.9. The second-order valence-corrected chi connectivity index (χ2v) is 5.28. The van der Waals surface area contributed by atoms with E-state index in [-0.39, 0.29) is 5.43 Å². The summed E-state index contributed by atoms with van der Waals surface area (Å²) in [6.45, 7) is 4.03. The molecule has 0 aliphatic rings. The van der Waals surface area contributed by atoms with Crippen LogP contribution in [0.5, 0.6) is 5.75 Å². The molecule has 2 N–H and O–H groups in total. The van der Waals surface area contributed by atoms with Gasteiger partial charge in [0, 0.05) is 11.3 Å². The van der Waals surface area contributed by atoms with Crippen LogP contribution in [-0.4, -0.2) is 17.7 Å². The number of nitrogens with two attached hydrogens (primary N) is 1. The van der Waals surface area contributed by atoms with Crippen molar-refractivity contribution < 1.29 is 9.53 Å². The van der Waals surface area contributed by atoms with Gasteiger partial charge in [-0.25, -0.2) is 4.79 Å². The Morgan fingerprint density at radius 2 is 1.91 bits per heavy atom. The predicted molar refractivity (Wildman–Crippen MR) is 87.7 cm³/mol. The van der Waals surface area contributed by atoms with Crippen LogP contribution in [0.1, 0.15) is 37.9 Å². The zero-order valence-corrected chi connectivity index (χ0v) is 13.3. The zero-order valence-electron chi connectivity index (χ0n) is 13.3. The average Bonchev–Trinajstić information content (AvgIpc) is 2.50. The highest BCUT2D eigenvalue weighted by Gasteiger charge is 2.20. The molecule has 0 saturated heterocycles. The van der Waals surface area contributed by atoms with Gasteiger partial charge in [0.1, 0.15) is 11.3 Å². The molecule has 22 heavy (non-hydrogen) atoms. The molecule has 0 fully saturated rings. The highest BCUT2D eigenvalue weighted by atomic mass is 16.5. The fourth-order valence-electron chi connectivity index (χ4n) is 2.91. The molecular weight excluding hydrogens is 280 g/mol. The maximum Gasteiger partial charge on any atom is 0.323 e. The van der Waals surface area contributed by atoms with Crippen molar-refractivity contribution >= 4 is 16.9 Å². The first-order chi connectivity index (χ1) is 10.6. The van der Waals surface area contributed by atoms with Gasteiger partial charge >= 0.3 is 6.03 Å². The van der Waals surface area contributed by atoms with Crippen LogP contribution in [0.4, 0.5) is 4.79 Å². The Hall–Kier alpha value is -2.30. The van der Waals surface area contributed by atoms with E-state index in [0.29, 0.717) is 40.8 Å². The van der Waals surface area contributed by atoms with Crippen molar-refractivity contribution in [1.29, 1.82) is 0 Å². The Balaban J connectivity index is 3.03. The van der Waals surface area contributed by atoms with Gasteiger partial charge in [0.2, 0.25) is 0 Å². The van der Waals surface area contributed by atoms with Crippen LogP contribution in [-0.2, 0) is 12.8 Å². The first kappa shape index (κ1) is 16.1. The maximum absolute atomic E-state index is 12.8. The lowest BCUT2D eigenvalue weighted by Gasteiger charge is -2.19. The van der Waals surface area contributed by atoms with Crippen LogP contribution >= 0.6 is 0 Å². The largest absolute Gasteiger partial charge is 0.495 e. The predicted octanol–water partition coefficient (Wildman–Crippen LogP) is 2.84. The number of carbonyl (C=O) groups excluding carboxylic acids is 1. The number of para-hydroxylation sites is 1.